The lowest BCUT2D eigenvalue weighted by atomic mass is 10.0. The van der Waals surface area contributed by atoms with Crippen molar-refractivity contribution in [1.29, 1.82) is 0 Å². The number of hydrogen-bond acceptors (Lipinski definition) is 3. The molecule has 0 aromatic heterocycles. The molecule has 0 saturated carbocycles. The normalized spacial score (nSPS) is 17.6. The van der Waals surface area contributed by atoms with Crippen LogP contribution in [0.3, 0.4) is 0 Å². The molecule has 3 rings (SSSR count). The second kappa shape index (κ2) is 8.11. The molecule has 2 aromatic rings. The molecule has 4 heteroatoms. The van der Waals surface area contributed by atoms with Crippen LogP contribution in [0, 0.1) is 0 Å². The predicted molar refractivity (Wildman–Crippen MR) is 104 cm³/mol. The van der Waals surface area contributed by atoms with E-state index in [1.165, 1.54) is 11.1 Å². The number of nitrogens with one attached hydrogen (secondary N) is 1. The van der Waals surface area contributed by atoms with Gasteiger partial charge in [0, 0.05) is 5.56 Å². The van der Waals surface area contributed by atoms with E-state index in [1.807, 2.05) is 24.3 Å². The maximum absolute atomic E-state index is 12.6. The number of Topliss-reactive ketones (excluding diaryl/α,β-unsaturated/α-hetero) is 1. The van der Waals surface area contributed by atoms with Crippen LogP contribution in [0.2, 0.25) is 0 Å². The number of carbonyl (C=O) groups excluding carboxylic acids is 2. The number of rotatable bonds is 6. The molecule has 1 aliphatic heterocycles. The lowest BCUT2D eigenvalue weighted by molar-refractivity contribution is -0.118. The third kappa shape index (κ3) is 4.27. The van der Waals surface area contributed by atoms with Crippen molar-refractivity contribution in [3.63, 3.8) is 0 Å². The molecule has 1 saturated heterocycles. The van der Waals surface area contributed by atoms with Crippen LogP contribution in [0.15, 0.2) is 54.6 Å². The number of amides is 1. The van der Waals surface area contributed by atoms with E-state index in [-0.39, 0.29) is 18.2 Å². The summed E-state index contributed by atoms with van der Waals surface area (Å²) in [5.74, 6) is -0.195. The van der Waals surface area contributed by atoms with Crippen LogP contribution in [0.5, 0.6) is 0 Å². The van der Waals surface area contributed by atoms with Gasteiger partial charge in [-0.1, -0.05) is 61.5 Å². The van der Waals surface area contributed by atoms with Crippen molar-refractivity contribution < 1.29 is 9.59 Å². The van der Waals surface area contributed by atoms with Gasteiger partial charge in [0.15, 0.2) is 5.78 Å². The fraction of sp³-hybridized carbons (Fsp3) is 0.273. The highest BCUT2D eigenvalue weighted by Gasteiger charge is 2.32. The fourth-order valence-electron chi connectivity index (χ4n) is 3.09. The first-order valence-corrected chi connectivity index (χ1v) is 8.95. The topological polar surface area (TPSA) is 49.4 Å². The Hall–Kier alpha value is -2.72. The zero-order valence-electron chi connectivity index (χ0n) is 15.2. The highest BCUT2D eigenvalue weighted by molar-refractivity contribution is 6.03. The summed E-state index contributed by atoms with van der Waals surface area (Å²) in [5, 5.41) is 2.71. The van der Waals surface area contributed by atoms with Gasteiger partial charge >= 0.3 is 0 Å². The van der Waals surface area contributed by atoms with Crippen LogP contribution in [-0.4, -0.2) is 36.3 Å². The molecule has 134 valence electrons. The van der Waals surface area contributed by atoms with Crippen LogP contribution in [-0.2, 0) is 17.6 Å². The first kappa shape index (κ1) is 18.1. The Kier molecular flexibility index (Phi) is 5.64. The van der Waals surface area contributed by atoms with Gasteiger partial charge in [0.2, 0.25) is 5.91 Å². The van der Waals surface area contributed by atoms with Gasteiger partial charge in [-0.05, 0) is 42.6 Å². The smallest absolute Gasteiger partial charge is 0.235 e. The number of benzene rings is 2. The molecular weight excluding hydrogens is 324 g/mol. The van der Waals surface area contributed by atoms with Gasteiger partial charge < -0.3 is 5.32 Å². The summed E-state index contributed by atoms with van der Waals surface area (Å²) in [6.45, 7) is 2.41. The number of ketones is 1. The van der Waals surface area contributed by atoms with Crippen molar-refractivity contribution in [3.05, 3.63) is 76.9 Å². The van der Waals surface area contributed by atoms with Crippen molar-refractivity contribution in [1.82, 2.24) is 10.2 Å². The zero-order chi connectivity index (χ0) is 18.5. The Bertz CT molecular complexity index is 824. The summed E-state index contributed by atoms with van der Waals surface area (Å²) in [7, 11) is 1.77. The summed E-state index contributed by atoms with van der Waals surface area (Å²) in [6.07, 6.45) is 5.46. The maximum atomic E-state index is 12.6. The third-order valence-electron chi connectivity index (χ3n) is 4.65. The number of hydrogen-bond donors (Lipinski definition) is 1. The first-order valence-electron chi connectivity index (χ1n) is 8.95. The Balaban J connectivity index is 1.66. The summed E-state index contributed by atoms with van der Waals surface area (Å²) in [4.78, 5) is 25.8. The second-order valence-corrected chi connectivity index (χ2v) is 6.65. The minimum atomic E-state index is -0.571. The third-order valence-corrected chi connectivity index (χ3v) is 4.65. The van der Waals surface area contributed by atoms with Gasteiger partial charge in [0.25, 0.3) is 0 Å². The van der Waals surface area contributed by atoms with Gasteiger partial charge in [-0.3, -0.25) is 14.5 Å². The van der Waals surface area contributed by atoms with Crippen LogP contribution in [0.25, 0.3) is 6.08 Å². The molecule has 1 heterocycles. The maximum Gasteiger partial charge on any atom is 0.235 e. The molecule has 0 radical (unpaired) electrons. The van der Waals surface area contributed by atoms with Gasteiger partial charge in [-0.2, -0.15) is 0 Å². The average molecular weight is 348 g/mol. The zero-order valence-corrected chi connectivity index (χ0v) is 15.2. The van der Waals surface area contributed by atoms with Gasteiger partial charge in [0.1, 0.15) is 6.17 Å². The second-order valence-electron chi connectivity index (χ2n) is 6.65. The lowest BCUT2D eigenvalue weighted by Gasteiger charge is -2.16. The number of likely N-dealkylation sites (N-methyl/N-ethyl adjacent to an activating group) is 1. The van der Waals surface area contributed by atoms with E-state index >= 15 is 0 Å². The molecule has 1 amide bonds. The minimum Gasteiger partial charge on any atom is -0.332 e. The summed E-state index contributed by atoms with van der Waals surface area (Å²) < 4.78 is 0. The van der Waals surface area contributed by atoms with E-state index in [4.69, 9.17) is 0 Å². The number of aryl methyl sites for hydroxylation is 1. The molecule has 1 fully saturated rings. The van der Waals surface area contributed by atoms with Crippen molar-refractivity contribution in [2.45, 2.75) is 25.9 Å². The summed E-state index contributed by atoms with van der Waals surface area (Å²) in [6, 6.07) is 16.1. The van der Waals surface area contributed by atoms with Crippen molar-refractivity contribution in [2.24, 2.45) is 0 Å². The molecule has 0 spiro atoms. The molecule has 2 aromatic carbocycles. The fourth-order valence-corrected chi connectivity index (χ4v) is 3.09. The van der Waals surface area contributed by atoms with E-state index < -0.39 is 6.17 Å². The van der Waals surface area contributed by atoms with Gasteiger partial charge in [-0.15, -0.1) is 0 Å². The molecule has 1 N–H and O–H groups in total. The SMILES string of the molecule is CCc1ccc(CC=Cc2cccc(C(=O)C3NC(=O)CN3C)c2)cc1. The first-order chi connectivity index (χ1) is 12.6. The quantitative estimate of drug-likeness (QED) is 0.816. The monoisotopic (exact) mass is 348 g/mol. The highest BCUT2D eigenvalue weighted by Crippen LogP contribution is 2.14. The Morgan fingerprint density at radius 2 is 1.92 bits per heavy atom. The Morgan fingerprint density at radius 1 is 1.19 bits per heavy atom. The number of allylic oxidation sites excluding steroid dienone is 1. The van der Waals surface area contributed by atoms with E-state index in [1.54, 1.807) is 18.0 Å². The van der Waals surface area contributed by atoms with Crippen molar-refractivity contribution in [3.8, 4) is 0 Å². The molecule has 0 bridgehead atoms. The van der Waals surface area contributed by atoms with E-state index in [2.05, 4.69) is 42.6 Å². The summed E-state index contributed by atoms with van der Waals surface area (Å²) in [5.41, 5.74) is 4.19. The van der Waals surface area contributed by atoms with Crippen molar-refractivity contribution in [2.75, 3.05) is 13.6 Å². The molecule has 1 aliphatic rings. The Labute approximate surface area is 154 Å². The standard InChI is InChI=1S/C22H24N2O2/c1-3-16-10-12-17(13-11-16)6-4-7-18-8-5-9-19(14-18)21(26)22-23-20(25)15-24(22)2/h4-5,7-14,22H,3,6,15H2,1-2H3,(H,23,25). The predicted octanol–water partition coefficient (Wildman–Crippen LogP) is 3.08. The van der Waals surface area contributed by atoms with E-state index in [0.717, 1.165) is 18.4 Å². The molecule has 26 heavy (non-hydrogen) atoms. The molecule has 0 aliphatic carbocycles. The molecule has 1 atom stereocenters. The minimum absolute atomic E-state index is 0.0799. The Morgan fingerprint density at radius 3 is 2.58 bits per heavy atom. The molecule has 4 nitrogen and oxygen atoms in total. The van der Waals surface area contributed by atoms with Crippen LogP contribution in [0.1, 0.15) is 34.0 Å². The van der Waals surface area contributed by atoms with Gasteiger partial charge in [-0.25, -0.2) is 0 Å². The average Bonchev–Trinajstić information content (AvgIpc) is 3.00. The van der Waals surface area contributed by atoms with Crippen LogP contribution in [0.4, 0.5) is 0 Å². The number of carbonyl (C=O) groups is 2. The number of nitrogens with zero attached hydrogens (tertiary/aromatic N) is 1. The molecule has 1 unspecified atom stereocenters. The summed E-state index contributed by atoms with van der Waals surface area (Å²) >= 11 is 0. The van der Waals surface area contributed by atoms with E-state index in [9.17, 15) is 9.59 Å². The largest absolute Gasteiger partial charge is 0.332 e. The van der Waals surface area contributed by atoms with E-state index in [0.29, 0.717) is 5.56 Å². The van der Waals surface area contributed by atoms with Gasteiger partial charge in [0.05, 0.1) is 6.54 Å². The van der Waals surface area contributed by atoms with Crippen molar-refractivity contribution >= 4 is 17.8 Å². The lowest BCUT2D eigenvalue weighted by Crippen LogP contribution is -2.41. The van der Waals surface area contributed by atoms with Crippen LogP contribution >= 0.6 is 0 Å². The van der Waals surface area contributed by atoms with Crippen LogP contribution < -0.4 is 5.32 Å². The molecular formula is C22H24N2O2. The highest BCUT2D eigenvalue weighted by atomic mass is 16.2.